The zero-order chi connectivity index (χ0) is 23.8. The van der Waals surface area contributed by atoms with Crippen molar-refractivity contribution in [3.05, 3.63) is 70.0 Å². The highest BCUT2D eigenvalue weighted by molar-refractivity contribution is 7.92. The number of carbonyl (C=O) groups excluding carboxylic acids is 1. The Morgan fingerprint density at radius 3 is 2.42 bits per heavy atom. The molecule has 2 aromatic heterocycles. The van der Waals surface area contributed by atoms with Gasteiger partial charge in [-0.1, -0.05) is 0 Å². The molecule has 0 radical (unpaired) electrons. The lowest BCUT2D eigenvalue weighted by Crippen LogP contribution is -2.33. The van der Waals surface area contributed by atoms with Gasteiger partial charge in [-0.05, 0) is 63.9 Å². The molecule has 0 aliphatic heterocycles. The average molecular weight is 469 g/mol. The summed E-state index contributed by atoms with van der Waals surface area (Å²) in [4.78, 5) is 33.1. The van der Waals surface area contributed by atoms with Crippen LogP contribution in [0.1, 0.15) is 48.9 Å². The van der Waals surface area contributed by atoms with Crippen molar-refractivity contribution in [2.24, 2.45) is 0 Å². The minimum Gasteiger partial charge on any atom is -0.324 e. The quantitative estimate of drug-likeness (QED) is 0.544. The minimum atomic E-state index is -3.87. The molecule has 1 atom stereocenters. The third kappa shape index (κ3) is 5.25. The van der Waals surface area contributed by atoms with Gasteiger partial charge in [0.15, 0.2) is 0 Å². The molecule has 1 fully saturated rings. The number of amides is 1. The van der Waals surface area contributed by atoms with Gasteiger partial charge in [-0.2, -0.15) is 5.10 Å². The molecule has 1 aliphatic rings. The molecule has 0 spiro atoms. The number of hydrogen-bond donors (Lipinski definition) is 2. The van der Waals surface area contributed by atoms with Crippen molar-refractivity contribution < 1.29 is 13.2 Å². The molecule has 0 bridgehead atoms. The van der Waals surface area contributed by atoms with Crippen molar-refractivity contribution in [1.82, 2.24) is 19.7 Å². The van der Waals surface area contributed by atoms with Gasteiger partial charge in [0, 0.05) is 29.4 Å². The Morgan fingerprint density at radius 1 is 1.09 bits per heavy atom. The van der Waals surface area contributed by atoms with Gasteiger partial charge in [0.05, 0.1) is 10.6 Å². The third-order valence-electron chi connectivity index (χ3n) is 5.22. The first kappa shape index (κ1) is 22.6. The summed E-state index contributed by atoms with van der Waals surface area (Å²) in [6, 6.07) is 9.55. The first-order valence-corrected chi connectivity index (χ1v) is 12.0. The second-order valence-electron chi connectivity index (χ2n) is 8.05. The Morgan fingerprint density at radius 2 is 1.79 bits per heavy atom. The van der Waals surface area contributed by atoms with Crippen molar-refractivity contribution in [2.45, 2.75) is 50.5 Å². The Kier molecular flexibility index (Phi) is 5.98. The minimum absolute atomic E-state index is 0.0116. The number of aromatic nitrogens is 4. The molecule has 10 nitrogen and oxygen atoms in total. The number of rotatable bonds is 7. The maximum Gasteiger partial charge on any atom is 0.267 e. The highest BCUT2D eigenvalue weighted by atomic mass is 32.2. The van der Waals surface area contributed by atoms with Crippen LogP contribution >= 0.6 is 0 Å². The standard InChI is InChI=1S/C22H24N6O4S/c1-13-12-20(24-15(3)23-13)27-33(31,32)18-8-6-17(7-9-18)25-22(30)14(2)28-21(29)11-10-19(26-28)16-4-5-16/h6-12,14,16H,4-5H2,1-3H3,(H,25,30)(H,23,24,27). The normalized spacial score (nSPS) is 14.5. The van der Waals surface area contributed by atoms with E-state index in [1.165, 1.54) is 41.1 Å². The summed E-state index contributed by atoms with van der Waals surface area (Å²) in [6.45, 7) is 5.01. The van der Waals surface area contributed by atoms with E-state index in [1.807, 2.05) is 0 Å². The number of hydrogen-bond acceptors (Lipinski definition) is 7. The summed E-state index contributed by atoms with van der Waals surface area (Å²) in [5.74, 6) is 0.553. The van der Waals surface area contributed by atoms with E-state index in [-0.39, 0.29) is 16.3 Å². The van der Waals surface area contributed by atoms with Crippen LogP contribution < -0.4 is 15.6 Å². The fraction of sp³-hybridized carbons (Fsp3) is 0.318. The summed E-state index contributed by atoms with van der Waals surface area (Å²) >= 11 is 0. The molecule has 33 heavy (non-hydrogen) atoms. The van der Waals surface area contributed by atoms with Crippen molar-refractivity contribution in [1.29, 1.82) is 0 Å². The molecule has 1 aromatic carbocycles. The molecule has 1 unspecified atom stereocenters. The van der Waals surface area contributed by atoms with E-state index < -0.39 is 22.0 Å². The van der Waals surface area contributed by atoms with Crippen LogP contribution in [0.5, 0.6) is 0 Å². The lowest BCUT2D eigenvalue weighted by Gasteiger charge is -2.15. The summed E-state index contributed by atoms with van der Waals surface area (Å²) in [6.07, 6.45) is 2.07. The Bertz CT molecular complexity index is 1340. The Hall–Kier alpha value is -3.60. The van der Waals surface area contributed by atoms with Crippen LogP contribution in [0.15, 0.2) is 52.2 Å². The average Bonchev–Trinajstić information content (AvgIpc) is 3.58. The van der Waals surface area contributed by atoms with Gasteiger partial charge in [-0.15, -0.1) is 0 Å². The Balaban J connectivity index is 1.46. The predicted molar refractivity (Wildman–Crippen MR) is 123 cm³/mol. The summed E-state index contributed by atoms with van der Waals surface area (Å²) in [7, 11) is -3.87. The van der Waals surface area contributed by atoms with Crippen LogP contribution in [0.3, 0.4) is 0 Å². The molecule has 1 amide bonds. The van der Waals surface area contributed by atoms with Gasteiger partial charge >= 0.3 is 0 Å². The van der Waals surface area contributed by atoms with Crippen molar-refractivity contribution in [3.8, 4) is 0 Å². The van der Waals surface area contributed by atoms with Gasteiger partial charge in [0.2, 0.25) is 5.91 Å². The second kappa shape index (κ2) is 8.74. The van der Waals surface area contributed by atoms with E-state index in [4.69, 9.17) is 0 Å². The van der Waals surface area contributed by atoms with E-state index >= 15 is 0 Å². The molecule has 0 saturated heterocycles. The number of anilines is 2. The van der Waals surface area contributed by atoms with Gasteiger partial charge < -0.3 is 5.32 Å². The van der Waals surface area contributed by atoms with Crippen LogP contribution in [0.4, 0.5) is 11.5 Å². The number of nitrogens with zero attached hydrogens (tertiary/aromatic N) is 4. The maximum atomic E-state index is 12.7. The molecule has 4 rings (SSSR count). The molecule has 3 aromatic rings. The lowest BCUT2D eigenvalue weighted by atomic mass is 10.2. The molecule has 172 valence electrons. The topological polar surface area (TPSA) is 136 Å². The lowest BCUT2D eigenvalue weighted by molar-refractivity contribution is -0.119. The molecule has 11 heteroatoms. The van der Waals surface area contributed by atoms with Crippen molar-refractivity contribution in [3.63, 3.8) is 0 Å². The van der Waals surface area contributed by atoms with Gasteiger partial charge in [-0.3, -0.25) is 14.3 Å². The summed E-state index contributed by atoms with van der Waals surface area (Å²) < 4.78 is 29.0. The van der Waals surface area contributed by atoms with Gasteiger partial charge in [0.25, 0.3) is 15.6 Å². The van der Waals surface area contributed by atoms with Crippen molar-refractivity contribution >= 4 is 27.4 Å². The number of carbonyl (C=O) groups is 1. The summed E-state index contributed by atoms with van der Waals surface area (Å²) in [5, 5.41) is 7.04. The smallest absolute Gasteiger partial charge is 0.267 e. The largest absolute Gasteiger partial charge is 0.324 e. The van der Waals surface area contributed by atoms with Gasteiger partial charge in [-0.25, -0.2) is 23.1 Å². The van der Waals surface area contributed by atoms with Crippen LogP contribution in [0.2, 0.25) is 0 Å². The first-order valence-electron chi connectivity index (χ1n) is 10.5. The molecular weight excluding hydrogens is 444 g/mol. The van der Waals surface area contributed by atoms with E-state index in [0.29, 0.717) is 23.1 Å². The fourth-order valence-electron chi connectivity index (χ4n) is 3.36. The first-order chi connectivity index (χ1) is 15.6. The zero-order valence-electron chi connectivity index (χ0n) is 18.4. The molecule has 1 aliphatic carbocycles. The summed E-state index contributed by atoms with van der Waals surface area (Å²) in [5.41, 5.74) is 1.49. The Labute approximate surface area is 191 Å². The van der Waals surface area contributed by atoms with E-state index in [0.717, 1.165) is 18.5 Å². The molecule has 2 heterocycles. The van der Waals surface area contributed by atoms with E-state index in [9.17, 15) is 18.0 Å². The van der Waals surface area contributed by atoms with Crippen LogP contribution in [-0.4, -0.2) is 34.1 Å². The van der Waals surface area contributed by atoms with Crippen LogP contribution in [0, 0.1) is 13.8 Å². The highest BCUT2D eigenvalue weighted by Gasteiger charge is 2.27. The monoisotopic (exact) mass is 468 g/mol. The van der Waals surface area contributed by atoms with Crippen molar-refractivity contribution in [2.75, 3.05) is 10.0 Å². The predicted octanol–water partition coefficient (Wildman–Crippen LogP) is 2.53. The maximum absolute atomic E-state index is 12.7. The van der Waals surface area contributed by atoms with Crippen LogP contribution in [0.25, 0.3) is 0 Å². The number of nitrogens with one attached hydrogen (secondary N) is 2. The molecular formula is C22H24N6O4S. The van der Waals surface area contributed by atoms with Crippen LogP contribution in [-0.2, 0) is 14.8 Å². The fourth-order valence-corrected chi connectivity index (χ4v) is 4.35. The molecule has 1 saturated carbocycles. The number of sulfonamides is 1. The number of benzene rings is 1. The number of aryl methyl sites for hydroxylation is 2. The SMILES string of the molecule is Cc1cc(NS(=O)(=O)c2ccc(NC(=O)C(C)n3nc(C4CC4)ccc3=O)cc2)nc(C)n1. The highest BCUT2D eigenvalue weighted by Crippen LogP contribution is 2.38. The van der Waals surface area contributed by atoms with Gasteiger partial charge in [0.1, 0.15) is 17.7 Å². The van der Waals surface area contributed by atoms with E-state index in [2.05, 4.69) is 25.1 Å². The third-order valence-corrected chi connectivity index (χ3v) is 6.60. The van der Waals surface area contributed by atoms with E-state index in [1.54, 1.807) is 26.8 Å². The molecule has 2 N–H and O–H groups in total. The second-order valence-corrected chi connectivity index (χ2v) is 9.73. The zero-order valence-corrected chi connectivity index (χ0v) is 19.3.